The van der Waals surface area contributed by atoms with Crippen molar-refractivity contribution < 1.29 is 13.9 Å². The van der Waals surface area contributed by atoms with E-state index >= 15 is 0 Å². The summed E-state index contributed by atoms with van der Waals surface area (Å²) in [5, 5.41) is 10.6. The lowest BCUT2D eigenvalue weighted by Gasteiger charge is -2.12. The third-order valence-corrected chi connectivity index (χ3v) is 5.16. The molecule has 2 heterocycles. The molecule has 0 N–H and O–H groups in total. The molecule has 0 unspecified atom stereocenters. The molecule has 0 bridgehead atoms. The minimum absolute atomic E-state index is 0.202. The van der Waals surface area contributed by atoms with Crippen LogP contribution in [0.5, 0.6) is 5.75 Å². The Morgan fingerprint density at radius 1 is 1.07 bits per heavy atom. The van der Waals surface area contributed by atoms with Gasteiger partial charge in [0.2, 0.25) is 11.8 Å². The van der Waals surface area contributed by atoms with Crippen molar-refractivity contribution in [3.63, 3.8) is 0 Å². The van der Waals surface area contributed by atoms with Crippen molar-refractivity contribution in [2.45, 2.75) is 6.54 Å². The molecular formula is C21H18N4O3S. The highest BCUT2D eigenvalue weighted by Gasteiger charge is 2.19. The molecule has 4 rings (SSSR count). The standard InChI is InChI=1S/C21H18N4O3S/c1-25(12-18-23-24-19(28-18)14-6-4-3-5-7-14)21(26)17-13-29-20(22-17)15-8-10-16(27-2)11-9-15/h3-11,13H,12H2,1-2H3. The average Bonchev–Trinajstić information content (AvgIpc) is 3.44. The molecule has 0 saturated heterocycles. The maximum Gasteiger partial charge on any atom is 0.273 e. The smallest absolute Gasteiger partial charge is 0.273 e. The van der Waals surface area contributed by atoms with Gasteiger partial charge in [-0.05, 0) is 36.4 Å². The van der Waals surface area contributed by atoms with Crippen LogP contribution < -0.4 is 4.74 Å². The minimum atomic E-state index is -0.208. The maximum absolute atomic E-state index is 12.7. The molecule has 8 heteroatoms. The fraction of sp³-hybridized carbons (Fsp3) is 0.143. The van der Waals surface area contributed by atoms with Crippen molar-refractivity contribution in [3.05, 3.63) is 71.6 Å². The van der Waals surface area contributed by atoms with Crippen molar-refractivity contribution in [3.8, 4) is 27.8 Å². The van der Waals surface area contributed by atoms with E-state index in [1.54, 1.807) is 19.5 Å². The van der Waals surface area contributed by atoms with Gasteiger partial charge in [-0.25, -0.2) is 4.98 Å². The van der Waals surface area contributed by atoms with Crippen molar-refractivity contribution in [2.24, 2.45) is 0 Å². The molecular weight excluding hydrogens is 388 g/mol. The Hall–Kier alpha value is -3.52. The molecule has 0 saturated carbocycles. The molecule has 0 radical (unpaired) electrons. The first kappa shape index (κ1) is 18.8. The molecule has 0 aliphatic heterocycles. The first-order valence-electron chi connectivity index (χ1n) is 8.87. The Labute approximate surface area is 171 Å². The Kier molecular flexibility index (Phi) is 5.35. The van der Waals surface area contributed by atoms with E-state index in [2.05, 4.69) is 15.2 Å². The van der Waals surface area contributed by atoms with Crippen LogP contribution in [-0.2, 0) is 6.54 Å². The minimum Gasteiger partial charge on any atom is -0.497 e. The summed E-state index contributed by atoms with van der Waals surface area (Å²) in [6.07, 6.45) is 0. The first-order valence-corrected chi connectivity index (χ1v) is 9.75. The van der Waals surface area contributed by atoms with Gasteiger partial charge >= 0.3 is 0 Å². The van der Waals surface area contributed by atoms with Crippen LogP contribution in [0.25, 0.3) is 22.0 Å². The van der Waals surface area contributed by atoms with Gasteiger partial charge in [0.25, 0.3) is 5.91 Å². The van der Waals surface area contributed by atoms with Gasteiger partial charge in [-0.2, -0.15) is 0 Å². The highest BCUT2D eigenvalue weighted by molar-refractivity contribution is 7.13. The summed E-state index contributed by atoms with van der Waals surface area (Å²) in [5.41, 5.74) is 2.15. The second-order valence-electron chi connectivity index (χ2n) is 6.29. The van der Waals surface area contributed by atoms with Gasteiger partial charge < -0.3 is 14.1 Å². The Bertz CT molecular complexity index is 1110. The highest BCUT2D eigenvalue weighted by atomic mass is 32.1. The SMILES string of the molecule is COc1ccc(-c2nc(C(=O)N(C)Cc3nnc(-c4ccccc4)o3)cs2)cc1. The second kappa shape index (κ2) is 8.24. The topological polar surface area (TPSA) is 81.4 Å². The monoisotopic (exact) mass is 406 g/mol. The van der Waals surface area contributed by atoms with Gasteiger partial charge in [-0.1, -0.05) is 18.2 Å². The third-order valence-electron chi connectivity index (χ3n) is 4.27. The molecule has 7 nitrogen and oxygen atoms in total. The summed E-state index contributed by atoms with van der Waals surface area (Å²) in [6, 6.07) is 17.1. The van der Waals surface area contributed by atoms with Crippen LogP contribution in [0.15, 0.2) is 64.4 Å². The third kappa shape index (κ3) is 4.17. The van der Waals surface area contributed by atoms with E-state index in [4.69, 9.17) is 9.15 Å². The first-order chi connectivity index (χ1) is 14.1. The van der Waals surface area contributed by atoms with Crippen LogP contribution in [0.3, 0.4) is 0 Å². The van der Waals surface area contributed by atoms with Gasteiger partial charge in [-0.3, -0.25) is 4.79 Å². The molecule has 0 atom stereocenters. The van der Waals surface area contributed by atoms with E-state index in [0.717, 1.165) is 21.9 Å². The van der Waals surface area contributed by atoms with E-state index in [0.29, 0.717) is 17.5 Å². The van der Waals surface area contributed by atoms with Crippen LogP contribution >= 0.6 is 11.3 Å². The van der Waals surface area contributed by atoms with Gasteiger partial charge in [0, 0.05) is 23.6 Å². The summed E-state index contributed by atoms with van der Waals surface area (Å²) >= 11 is 1.42. The molecule has 146 valence electrons. The van der Waals surface area contributed by atoms with Crippen molar-refractivity contribution in [1.29, 1.82) is 0 Å². The van der Waals surface area contributed by atoms with Crippen molar-refractivity contribution >= 4 is 17.2 Å². The van der Waals surface area contributed by atoms with E-state index in [-0.39, 0.29) is 12.5 Å². The van der Waals surface area contributed by atoms with E-state index in [1.165, 1.54) is 16.2 Å². The quantitative estimate of drug-likeness (QED) is 0.479. The number of rotatable bonds is 6. The lowest BCUT2D eigenvalue weighted by molar-refractivity contribution is 0.0768. The number of carbonyl (C=O) groups excluding carboxylic acids is 1. The molecule has 0 fully saturated rings. The number of nitrogens with zero attached hydrogens (tertiary/aromatic N) is 4. The van der Waals surface area contributed by atoms with E-state index < -0.39 is 0 Å². The number of carbonyl (C=O) groups is 1. The average molecular weight is 406 g/mol. The zero-order valence-electron chi connectivity index (χ0n) is 15.9. The zero-order chi connectivity index (χ0) is 20.2. The number of amides is 1. The van der Waals surface area contributed by atoms with Gasteiger partial charge in [-0.15, -0.1) is 21.5 Å². The number of benzene rings is 2. The molecule has 0 spiro atoms. The van der Waals surface area contributed by atoms with Gasteiger partial charge in [0.1, 0.15) is 16.5 Å². The molecule has 29 heavy (non-hydrogen) atoms. The van der Waals surface area contributed by atoms with Crippen LogP contribution in [-0.4, -0.2) is 40.1 Å². The number of aromatic nitrogens is 3. The van der Waals surface area contributed by atoms with Crippen molar-refractivity contribution in [2.75, 3.05) is 14.2 Å². The Balaban J connectivity index is 1.44. The van der Waals surface area contributed by atoms with Crippen LogP contribution in [0, 0.1) is 0 Å². The molecule has 4 aromatic rings. The summed E-state index contributed by atoms with van der Waals surface area (Å²) in [5.74, 6) is 1.36. The molecule has 1 amide bonds. The van der Waals surface area contributed by atoms with E-state index in [9.17, 15) is 4.79 Å². The van der Waals surface area contributed by atoms with Crippen LogP contribution in [0.1, 0.15) is 16.4 Å². The summed E-state index contributed by atoms with van der Waals surface area (Å²) in [6.45, 7) is 0.202. The lowest BCUT2D eigenvalue weighted by Crippen LogP contribution is -2.26. The highest BCUT2D eigenvalue weighted by Crippen LogP contribution is 2.26. The molecule has 0 aliphatic rings. The molecule has 2 aromatic carbocycles. The maximum atomic E-state index is 12.7. The van der Waals surface area contributed by atoms with E-state index in [1.807, 2.05) is 54.6 Å². The summed E-state index contributed by atoms with van der Waals surface area (Å²) in [4.78, 5) is 18.7. The summed E-state index contributed by atoms with van der Waals surface area (Å²) in [7, 11) is 3.30. The fourth-order valence-corrected chi connectivity index (χ4v) is 3.52. The predicted octanol–water partition coefficient (Wildman–Crippen LogP) is 4.14. The zero-order valence-corrected chi connectivity index (χ0v) is 16.7. The largest absolute Gasteiger partial charge is 0.497 e. The normalized spacial score (nSPS) is 10.7. The van der Waals surface area contributed by atoms with Crippen molar-refractivity contribution in [1.82, 2.24) is 20.1 Å². The van der Waals surface area contributed by atoms with Crippen LogP contribution in [0.2, 0.25) is 0 Å². The van der Waals surface area contributed by atoms with Gasteiger partial charge in [0.15, 0.2) is 0 Å². The molecule has 0 aliphatic carbocycles. The number of thiazole rings is 1. The summed E-state index contributed by atoms with van der Waals surface area (Å²) < 4.78 is 10.8. The van der Waals surface area contributed by atoms with Gasteiger partial charge in [0.05, 0.1) is 13.7 Å². The second-order valence-corrected chi connectivity index (χ2v) is 7.15. The Morgan fingerprint density at radius 2 is 1.83 bits per heavy atom. The molecule has 2 aromatic heterocycles. The fourth-order valence-electron chi connectivity index (χ4n) is 2.72. The van der Waals surface area contributed by atoms with Crippen LogP contribution in [0.4, 0.5) is 0 Å². The number of ether oxygens (including phenoxy) is 1. The predicted molar refractivity (Wildman–Crippen MR) is 110 cm³/mol. The lowest BCUT2D eigenvalue weighted by atomic mass is 10.2. The number of methoxy groups -OCH3 is 1. The number of hydrogen-bond acceptors (Lipinski definition) is 7. The Morgan fingerprint density at radius 3 is 2.55 bits per heavy atom. The number of hydrogen-bond donors (Lipinski definition) is 0.